The van der Waals surface area contributed by atoms with Crippen LogP contribution in [0.3, 0.4) is 0 Å². The quantitative estimate of drug-likeness (QED) is 0.764. The molecule has 1 unspecified atom stereocenters. The second-order valence-electron chi connectivity index (χ2n) is 4.75. The Hall–Kier alpha value is -1.84. The molecule has 0 bridgehead atoms. The van der Waals surface area contributed by atoms with Gasteiger partial charge in [-0.15, -0.1) is 0 Å². The maximum Gasteiger partial charge on any atom is 0.324 e. The number of benzene rings is 1. The number of hydrogen-bond donors (Lipinski definition) is 0. The van der Waals surface area contributed by atoms with Gasteiger partial charge in [-0.25, -0.2) is 4.79 Å². The van der Waals surface area contributed by atoms with Crippen molar-refractivity contribution >= 4 is 18.0 Å². The van der Waals surface area contributed by atoms with Gasteiger partial charge in [0.2, 0.25) is 0 Å². The second kappa shape index (κ2) is 5.21. The van der Waals surface area contributed by atoms with Gasteiger partial charge in [0.25, 0.3) is 0 Å². The molecule has 0 aliphatic carbocycles. The molecule has 96 valence electrons. The van der Waals surface area contributed by atoms with Gasteiger partial charge in [0.1, 0.15) is 6.29 Å². The Morgan fingerprint density at radius 1 is 1.39 bits per heavy atom. The summed E-state index contributed by atoms with van der Waals surface area (Å²) >= 11 is 0. The average Bonchev–Trinajstić information content (AvgIpc) is 2.71. The van der Waals surface area contributed by atoms with E-state index < -0.39 is 0 Å². The van der Waals surface area contributed by atoms with Crippen LogP contribution in [0.25, 0.3) is 0 Å². The normalized spacial score (nSPS) is 17.1. The molecule has 0 spiro atoms. The van der Waals surface area contributed by atoms with E-state index in [4.69, 9.17) is 0 Å². The van der Waals surface area contributed by atoms with Crippen LogP contribution in [0.4, 0.5) is 10.5 Å². The number of likely N-dealkylation sites (N-methyl/N-ethyl adjacent to an activating group) is 1. The maximum absolute atomic E-state index is 11.9. The van der Waals surface area contributed by atoms with Crippen molar-refractivity contribution in [3.8, 4) is 0 Å². The predicted octanol–water partition coefficient (Wildman–Crippen LogP) is 2.25. The zero-order valence-corrected chi connectivity index (χ0v) is 10.8. The maximum atomic E-state index is 11.9. The highest BCUT2D eigenvalue weighted by molar-refractivity contribution is 5.94. The first kappa shape index (κ1) is 12.6. The lowest BCUT2D eigenvalue weighted by Crippen LogP contribution is -2.29. The molecule has 0 aromatic heterocycles. The molecule has 4 nitrogen and oxygen atoms in total. The molecular weight excluding hydrogens is 228 g/mol. The van der Waals surface area contributed by atoms with Crippen molar-refractivity contribution in [3.63, 3.8) is 0 Å². The van der Waals surface area contributed by atoms with E-state index in [0.29, 0.717) is 6.42 Å². The van der Waals surface area contributed by atoms with Crippen molar-refractivity contribution in [2.75, 3.05) is 25.0 Å². The third-order valence-electron chi connectivity index (χ3n) is 3.42. The molecule has 1 aliphatic rings. The summed E-state index contributed by atoms with van der Waals surface area (Å²) in [6.07, 6.45) is 1.45. The van der Waals surface area contributed by atoms with Gasteiger partial charge in [0, 0.05) is 32.2 Å². The highest BCUT2D eigenvalue weighted by atomic mass is 16.2. The molecule has 0 saturated carbocycles. The molecular formula is C14H18N2O2. The van der Waals surface area contributed by atoms with Crippen LogP contribution in [0.5, 0.6) is 0 Å². The minimum atomic E-state index is 0.0372. The van der Waals surface area contributed by atoms with Crippen LogP contribution in [-0.2, 0) is 4.79 Å². The summed E-state index contributed by atoms with van der Waals surface area (Å²) in [5.74, 6) is 0.192. The highest BCUT2D eigenvalue weighted by Crippen LogP contribution is 2.25. The number of hydrogen-bond acceptors (Lipinski definition) is 2. The van der Waals surface area contributed by atoms with Gasteiger partial charge in [-0.1, -0.05) is 19.1 Å². The van der Waals surface area contributed by atoms with Crippen LogP contribution in [0, 0.1) is 0 Å². The number of amides is 2. The molecule has 1 aromatic carbocycles. The Morgan fingerprint density at radius 3 is 2.78 bits per heavy atom. The smallest absolute Gasteiger partial charge is 0.324 e. The Balaban J connectivity index is 2.22. The van der Waals surface area contributed by atoms with E-state index in [2.05, 4.69) is 0 Å². The molecule has 1 atom stereocenters. The molecule has 2 amide bonds. The van der Waals surface area contributed by atoms with E-state index in [0.717, 1.165) is 30.6 Å². The van der Waals surface area contributed by atoms with Crippen molar-refractivity contribution < 1.29 is 9.59 Å². The van der Waals surface area contributed by atoms with Crippen molar-refractivity contribution in [2.24, 2.45) is 0 Å². The van der Waals surface area contributed by atoms with Gasteiger partial charge in [0.05, 0.1) is 0 Å². The first-order valence-electron chi connectivity index (χ1n) is 6.19. The molecule has 1 aliphatic heterocycles. The molecule has 1 fully saturated rings. The van der Waals surface area contributed by atoms with Crippen molar-refractivity contribution in [2.45, 2.75) is 19.3 Å². The molecule has 0 N–H and O–H groups in total. The van der Waals surface area contributed by atoms with Crippen LogP contribution in [0.1, 0.15) is 24.8 Å². The van der Waals surface area contributed by atoms with Crippen LogP contribution in [-0.4, -0.2) is 37.4 Å². The fourth-order valence-corrected chi connectivity index (χ4v) is 2.17. The first-order valence-corrected chi connectivity index (χ1v) is 6.19. The van der Waals surface area contributed by atoms with Crippen molar-refractivity contribution in [1.29, 1.82) is 0 Å². The minimum Gasteiger partial charge on any atom is -0.326 e. The van der Waals surface area contributed by atoms with E-state index in [1.54, 1.807) is 16.8 Å². The lowest BCUT2D eigenvalue weighted by Gasteiger charge is -2.18. The SMILES string of the molecule is CC(CC=O)c1cccc(N2CCN(C)C2=O)c1. The van der Waals surface area contributed by atoms with Crippen molar-refractivity contribution in [1.82, 2.24) is 4.90 Å². The van der Waals surface area contributed by atoms with E-state index in [-0.39, 0.29) is 11.9 Å². The van der Waals surface area contributed by atoms with Crippen LogP contribution in [0.15, 0.2) is 24.3 Å². The van der Waals surface area contributed by atoms with Crippen LogP contribution < -0.4 is 4.90 Å². The second-order valence-corrected chi connectivity index (χ2v) is 4.75. The number of aldehydes is 1. The summed E-state index contributed by atoms with van der Waals surface area (Å²) < 4.78 is 0. The van der Waals surface area contributed by atoms with Crippen LogP contribution >= 0.6 is 0 Å². The number of anilines is 1. The summed E-state index contributed by atoms with van der Waals surface area (Å²) in [7, 11) is 1.81. The monoisotopic (exact) mass is 246 g/mol. The fraction of sp³-hybridized carbons (Fsp3) is 0.429. The molecule has 2 rings (SSSR count). The highest BCUT2D eigenvalue weighted by Gasteiger charge is 2.26. The van der Waals surface area contributed by atoms with Gasteiger partial charge in [-0.05, 0) is 23.6 Å². The van der Waals surface area contributed by atoms with E-state index in [1.165, 1.54) is 0 Å². The summed E-state index contributed by atoms with van der Waals surface area (Å²) in [6, 6.07) is 7.93. The molecule has 18 heavy (non-hydrogen) atoms. The van der Waals surface area contributed by atoms with Gasteiger partial charge in [0.15, 0.2) is 0 Å². The van der Waals surface area contributed by atoms with E-state index in [1.807, 2.05) is 31.2 Å². The Morgan fingerprint density at radius 2 is 2.17 bits per heavy atom. The molecule has 0 radical (unpaired) electrons. The Kier molecular flexibility index (Phi) is 3.65. The lowest BCUT2D eigenvalue weighted by molar-refractivity contribution is -0.108. The summed E-state index contributed by atoms with van der Waals surface area (Å²) in [5, 5.41) is 0. The van der Waals surface area contributed by atoms with E-state index >= 15 is 0 Å². The lowest BCUT2D eigenvalue weighted by atomic mass is 9.98. The number of rotatable bonds is 4. The zero-order chi connectivity index (χ0) is 13.1. The topological polar surface area (TPSA) is 40.6 Å². The van der Waals surface area contributed by atoms with Crippen LogP contribution in [0.2, 0.25) is 0 Å². The molecule has 1 heterocycles. The fourth-order valence-electron chi connectivity index (χ4n) is 2.17. The third-order valence-corrected chi connectivity index (χ3v) is 3.42. The molecule has 4 heteroatoms. The molecule has 1 saturated heterocycles. The third kappa shape index (κ3) is 2.37. The summed E-state index contributed by atoms with van der Waals surface area (Å²) in [4.78, 5) is 25.9. The number of nitrogens with zero attached hydrogens (tertiary/aromatic N) is 2. The Labute approximate surface area is 107 Å². The summed E-state index contributed by atoms with van der Waals surface area (Å²) in [6.45, 7) is 3.50. The first-order chi connectivity index (χ1) is 8.63. The zero-order valence-electron chi connectivity index (χ0n) is 10.8. The van der Waals surface area contributed by atoms with Crippen molar-refractivity contribution in [3.05, 3.63) is 29.8 Å². The molecule has 1 aromatic rings. The standard InChI is InChI=1S/C14H18N2O2/c1-11(6-9-17)12-4-3-5-13(10-12)16-8-7-15(2)14(16)18/h3-5,9-11H,6-8H2,1-2H3. The van der Waals surface area contributed by atoms with Gasteiger partial charge < -0.3 is 9.69 Å². The van der Waals surface area contributed by atoms with Gasteiger partial charge in [-0.2, -0.15) is 0 Å². The predicted molar refractivity (Wildman–Crippen MR) is 70.9 cm³/mol. The minimum absolute atomic E-state index is 0.0372. The van der Waals surface area contributed by atoms with E-state index in [9.17, 15) is 9.59 Å². The number of urea groups is 1. The van der Waals surface area contributed by atoms with Gasteiger partial charge >= 0.3 is 6.03 Å². The average molecular weight is 246 g/mol. The Bertz CT molecular complexity index is 459. The van der Waals surface area contributed by atoms with Gasteiger partial charge in [-0.3, -0.25) is 4.90 Å². The summed E-state index contributed by atoms with van der Waals surface area (Å²) in [5.41, 5.74) is 2.02. The number of carbonyl (C=O) groups is 2. The number of carbonyl (C=O) groups excluding carboxylic acids is 2. The largest absolute Gasteiger partial charge is 0.326 e.